The van der Waals surface area contributed by atoms with Gasteiger partial charge in [0.2, 0.25) is 0 Å². The first-order chi connectivity index (χ1) is 6.61. The molecule has 0 aliphatic heterocycles. The Labute approximate surface area is 83.1 Å². The van der Waals surface area contributed by atoms with Crippen molar-refractivity contribution in [1.29, 1.82) is 0 Å². The third-order valence-electron chi connectivity index (χ3n) is 2.32. The molecule has 76 valence electrons. The number of hydrogen-bond acceptors (Lipinski definition) is 2. The maximum Gasteiger partial charge on any atom is 0.300 e. The molecular formula is C11H14O3. The number of carbonyl (C=O) groups excluding carboxylic acids is 1. The van der Waals surface area contributed by atoms with Crippen LogP contribution in [0.4, 0.5) is 0 Å². The molecule has 0 aromatic carbocycles. The van der Waals surface area contributed by atoms with Crippen molar-refractivity contribution in [2.75, 3.05) is 0 Å². The highest BCUT2D eigenvalue weighted by Gasteiger charge is 2.26. The van der Waals surface area contributed by atoms with Crippen molar-refractivity contribution in [3.63, 3.8) is 0 Å². The SMILES string of the molecule is CC(=O)O.O=C1C=CC=C2CCCC12. The highest BCUT2D eigenvalue weighted by molar-refractivity contribution is 5.95. The summed E-state index contributed by atoms with van der Waals surface area (Å²) in [5.74, 6) is -0.250. The quantitative estimate of drug-likeness (QED) is 0.641. The van der Waals surface area contributed by atoms with Crippen molar-refractivity contribution in [2.45, 2.75) is 26.2 Å². The molecule has 0 amide bonds. The topological polar surface area (TPSA) is 54.4 Å². The summed E-state index contributed by atoms with van der Waals surface area (Å²) in [5.41, 5.74) is 1.35. The van der Waals surface area contributed by atoms with Gasteiger partial charge in [-0.2, -0.15) is 0 Å². The number of fused-ring (bicyclic) bond motifs is 1. The summed E-state index contributed by atoms with van der Waals surface area (Å²) in [7, 11) is 0. The lowest BCUT2D eigenvalue weighted by Crippen LogP contribution is -2.11. The van der Waals surface area contributed by atoms with E-state index in [-0.39, 0.29) is 5.92 Å². The first-order valence-corrected chi connectivity index (χ1v) is 4.72. The van der Waals surface area contributed by atoms with Crippen LogP contribution in [0.1, 0.15) is 26.2 Å². The molecule has 2 aliphatic rings. The third kappa shape index (κ3) is 2.83. The zero-order chi connectivity index (χ0) is 10.6. The fraction of sp³-hybridized carbons (Fsp3) is 0.455. The van der Waals surface area contributed by atoms with Gasteiger partial charge < -0.3 is 5.11 Å². The molecule has 0 radical (unpaired) electrons. The second kappa shape index (κ2) is 4.74. The summed E-state index contributed by atoms with van der Waals surface area (Å²) in [5, 5.41) is 7.42. The molecule has 1 unspecified atom stereocenters. The van der Waals surface area contributed by atoms with Gasteiger partial charge in [-0.25, -0.2) is 0 Å². The van der Waals surface area contributed by atoms with Crippen LogP contribution < -0.4 is 0 Å². The largest absolute Gasteiger partial charge is 0.481 e. The van der Waals surface area contributed by atoms with Gasteiger partial charge in [-0.15, -0.1) is 0 Å². The Morgan fingerprint density at radius 2 is 2.21 bits per heavy atom. The summed E-state index contributed by atoms with van der Waals surface area (Å²) >= 11 is 0. The van der Waals surface area contributed by atoms with Crippen molar-refractivity contribution in [3.8, 4) is 0 Å². The smallest absolute Gasteiger partial charge is 0.300 e. The van der Waals surface area contributed by atoms with Crippen molar-refractivity contribution >= 4 is 11.8 Å². The van der Waals surface area contributed by atoms with E-state index in [2.05, 4.69) is 6.08 Å². The van der Waals surface area contributed by atoms with Crippen LogP contribution in [0.5, 0.6) is 0 Å². The van der Waals surface area contributed by atoms with Crippen LogP contribution in [0.15, 0.2) is 23.8 Å². The van der Waals surface area contributed by atoms with E-state index in [4.69, 9.17) is 9.90 Å². The van der Waals surface area contributed by atoms with Gasteiger partial charge in [-0.1, -0.05) is 17.7 Å². The van der Waals surface area contributed by atoms with Crippen molar-refractivity contribution < 1.29 is 14.7 Å². The fourth-order valence-electron chi connectivity index (χ4n) is 1.78. The number of hydrogen-bond donors (Lipinski definition) is 1. The summed E-state index contributed by atoms with van der Waals surface area (Å²) in [6.07, 6.45) is 9.08. The van der Waals surface area contributed by atoms with Crippen molar-refractivity contribution in [2.24, 2.45) is 5.92 Å². The van der Waals surface area contributed by atoms with Gasteiger partial charge in [-0.05, 0) is 25.3 Å². The molecule has 2 rings (SSSR count). The average molecular weight is 194 g/mol. The zero-order valence-electron chi connectivity index (χ0n) is 8.19. The number of carboxylic acid groups (broad SMARTS) is 1. The minimum Gasteiger partial charge on any atom is -0.481 e. The number of allylic oxidation sites excluding steroid dienone is 4. The minimum atomic E-state index is -0.833. The van der Waals surface area contributed by atoms with Gasteiger partial charge in [0.25, 0.3) is 5.97 Å². The zero-order valence-corrected chi connectivity index (χ0v) is 8.19. The maximum absolute atomic E-state index is 11.1. The monoisotopic (exact) mass is 194 g/mol. The fourth-order valence-corrected chi connectivity index (χ4v) is 1.78. The predicted molar refractivity (Wildman–Crippen MR) is 52.9 cm³/mol. The van der Waals surface area contributed by atoms with Crippen molar-refractivity contribution in [3.05, 3.63) is 23.8 Å². The summed E-state index contributed by atoms with van der Waals surface area (Å²) < 4.78 is 0. The Morgan fingerprint density at radius 1 is 1.57 bits per heavy atom. The van der Waals surface area contributed by atoms with E-state index >= 15 is 0 Å². The van der Waals surface area contributed by atoms with Gasteiger partial charge in [0.05, 0.1) is 0 Å². The average Bonchev–Trinajstić information content (AvgIpc) is 2.52. The van der Waals surface area contributed by atoms with Gasteiger partial charge in [0.15, 0.2) is 5.78 Å². The highest BCUT2D eigenvalue weighted by atomic mass is 16.4. The van der Waals surface area contributed by atoms with Crippen LogP contribution in [0.25, 0.3) is 0 Å². The Kier molecular flexibility index (Phi) is 3.63. The molecule has 1 fully saturated rings. The van der Waals surface area contributed by atoms with E-state index in [9.17, 15) is 4.79 Å². The van der Waals surface area contributed by atoms with E-state index in [0.717, 1.165) is 19.8 Å². The predicted octanol–water partition coefficient (Wildman–Crippen LogP) is 1.94. The van der Waals surface area contributed by atoms with Gasteiger partial charge in [0, 0.05) is 12.8 Å². The molecule has 0 saturated heterocycles. The van der Waals surface area contributed by atoms with E-state index in [1.165, 1.54) is 12.0 Å². The molecule has 0 spiro atoms. The lowest BCUT2D eigenvalue weighted by molar-refractivity contribution is -0.134. The van der Waals surface area contributed by atoms with Gasteiger partial charge in [-0.3, -0.25) is 9.59 Å². The van der Waals surface area contributed by atoms with Gasteiger partial charge >= 0.3 is 0 Å². The number of ketones is 1. The molecule has 0 bridgehead atoms. The Balaban J connectivity index is 0.000000213. The van der Waals surface area contributed by atoms with E-state index < -0.39 is 5.97 Å². The number of aliphatic carboxylic acids is 1. The van der Waals surface area contributed by atoms with Crippen LogP contribution in [-0.2, 0) is 9.59 Å². The number of carboxylic acids is 1. The van der Waals surface area contributed by atoms with Crippen LogP contribution in [0.3, 0.4) is 0 Å². The van der Waals surface area contributed by atoms with Crippen molar-refractivity contribution in [1.82, 2.24) is 0 Å². The Hall–Kier alpha value is -1.38. The molecule has 14 heavy (non-hydrogen) atoms. The molecule has 0 aromatic heterocycles. The molecule has 1 N–H and O–H groups in total. The first-order valence-electron chi connectivity index (χ1n) is 4.72. The molecule has 2 aliphatic carbocycles. The van der Waals surface area contributed by atoms with Crippen LogP contribution >= 0.6 is 0 Å². The Morgan fingerprint density at radius 3 is 2.79 bits per heavy atom. The molecule has 3 heteroatoms. The molecule has 0 aromatic rings. The second-order valence-corrected chi connectivity index (χ2v) is 3.47. The molecule has 1 saturated carbocycles. The van der Waals surface area contributed by atoms with Crippen LogP contribution in [-0.4, -0.2) is 16.9 Å². The highest BCUT2D eigenvalue weighted by Crippen LogP contribution is 2.33. The van der Waals surface area contributed by atoms with E-state index in [1.807, 2.05) is 6.08 Å². The molecule has 0 heterocycles. The van der Waals surface area contributed by atoms with Crippen LogP contribution in [0.2, 0.25) is 0 Å². The lowest BCUT2D eigenvalue weighted by Gasteiger charge is -2.09. The summed E-state index contributed by atoms with van der Waals surface area (Å²) in [6, 6.07) is 0. The van der Waals surface area contributed by atoms with E-state index in [0.29, 0.717) is 5.78 Å². The molecular weight excluding hydrogens is 180 g/mol. The number of carbonyl (C=O) groups is 2. The van der Waals surface area contributed by atoms with Crippen LogP contribution in [0, 0.1) is 5.92 Å². The lowest BCUT2D eigenvalue weighted by atomic mass is 9.94. The normalized spacial score (nSPS) is 23.4. The van der Waals surface area contributed by atoms with Gasteiger partial charge in [0.1, 0.15) is 0 Å². The third-order valence-corrected chi connectivity index (χ3v) is 2.32. The first kappa shape index (κ1) is 10.7. The number of rotatable bonds is 0. The maximum atomic E-state index is 11.1. The molecule has 1 atom stereocenters. The summed E-state index contributed by atoms with van der Waals surface area (Å²) in [6.45, 7) is 1.08. The standard InChI is InChI=1S/C9H10O.C2H4O2/c10-9-6-2-4-7-3-1-5-8(7)9;1-2(3)4/h2,4,6,8H,1,3,5H2;1H3,(H,3,4). The second-order valence-electron chi connectivity index (χ2n) is 3.47. The van der Waals surface area contributed by atoms with E-state index in [1.54, 1.807) is 6.08 Å². The molecule has 3 nitrogen and oxygen atoms in total. The summed E-state index contributed by atoms with van der Waals surface area (Å²) in [4.78, 5) is 20.1. The minimum absolute atomic E-state index is 0.269. The Bertz CT molecular complexity index is 296.